The Bertz CT molecular complexity index is 1070. The normalized spacial score (nSPS) is 29.9. The molecule has 5 aliphatic rings. The lowest BCUT2D eigenvalue weighted by molar-refractivity contribution is -0.147. The first-order valence-electron chi connectivity index (χ1n) is 12.0. The van der Waals surface area contributed by atoms with Crippen molar-refractivity contribution in [3.05, 3.63) is 34.9 Å². The van der Waals surface area contributed by atoms with E-state index in [0.29, 0.717) is 11.4 Å². The van der Waals surface area contributed by atoms with Crippen LogP contribution in [0, 0.1) is 34.5 Å². The lowest BCUT2D eigenvalue weighted by atomic mass is 9.49. The van der Waals surface area contributed by atoms with Gasteiger partial charge >= 0.3 is 5.97 Å². The molecule has 4 saturated carbocycles. The lowest BCUT2D eigenvalue weighted by Gasteiger charge is -2.56. The number of hydrogen-bond acceptors (Lipinski definition) is 7. The van der Waals surface area contributed by atoms with Gasteiger partial charge in [0.2, 0.25) is 11.7 Å². The highest BCUT2D eigenvalue weighted by molar-refractivity contribution is 8.03. The SMILES string of the molecule is CN1/C(=C(\C#N)C(=O)COC(=O)CNC(=O)CC23CC4CC(CC(C4)C2)C3)Sc2ccccc21. The quantitative estimate of drug-likeness (QED) is 0.361. The molecular formula is C26H29N3O4S. The van der Waals surface area contributed by atoms with Gasteiger partial charge < -0.3 is 15.0 Å². The molecule has 1 aliphatic heterocycles. The smallest absolute Gasteiger partial charge is 0.325 e. The molecule has 4 bridgehead atoms. The van der Waals surface area contributed by atoms with E-state index in [1.54, 1.807) is 11.9 Å². The average molecular weight is 480 g/mol. The predicted molar refractivity (Wildman–Crippen MR) is 128 cm³/mol. The van der Waals surface area contributed by atoms with E-state index in [4.69, 9.17) is 4.74 Å². The van der Waals surface area contributed by atoms with Crippen LogP contribution in [-0.4, -0.2) is 37.9 Å². The maximum atomic E-state index is 12.6. The minimum absolute atomic E-state index is 0.0395. The number of Topliss-reactive ketones (excluding diaryl/α,β-unsaturated/α-hetero) is 1. The highest BCUT2D eigenvalue weighted by atomic mass is 32.2. The summed E-state index contributed by atoms with van der Waals surface area (Å²) in [6.07, 6.45) is 7.83. The maximum Gasteiger partial charge on any atom is 0.325 e. The summed E-state index contributed by atoms with van der Waals surface area (Å²) in [6.45, 7) is -0.794. The van der Waals surface area contributed by atoms with Crippen LogP contribution in [0.3, 0.4) is 0 Å². The predicted octanol–water partition coefficient (Wildman–Crippen LogP) is 3.80. The zero-order valence-electron chi connectivity index (χ0n) is 19.3. The van der Waals surface area contributed by atoms with E-state index in [1.807, 2.05) is 30.3 Å². The third kappa shape index (κ3) is 4.46. The highest BCUT2D eigenvalue weighted by Crippen LogP contribution is 2.61. The van der Waals surface area contributed by atoms with Gasteiger partial charge in [-0.25, -0.2) is 0 Å². The number of carbonyl (C=O) groups excluding carboxylic acids is 3. The van der Waals surface area contributed by atoms with E-state index in [9.17, 15) is 19.6 Å². The maximum absolute atomic E-state index is 12.6. The van der Waals surface area contributed by atoms with E-state index >= 15 is 0 Å². The zero-order valence-corrected chi connectivity index (χ0v) is 20.2. The first kappa shape index (κ1) is 23.0. The van der Waals surface area contributed by atoms with Gasteiger partial charge in [0.1, 0.15) is 23.2 Å². The number of nitrogens with zero attached hydrogens (tertiary/aromatic N) is 2. The van der Waals surface area contributed by atoms with Crippen LogP contribution in [-0.2, 0) is 19.1 Å². The molecule has 0 spiro atoms. The fourth-order valence-corrected chi connectivity index (χ4v) is 8.06. The van der Waals surface area contributed by atoms with Gasteiger partial charge in [-0.05, 0) is 73.8 Å². The van der Waals surface area contributed by atoms with Crippen LogP contribution in [0.5, 0.6) is 0 Å². The molecule has 0 unspecified atom stereocenters. The molecule has 0 saturated heterocycles. The molecule has 4 fully saturated rings. The van der Waals surface area contributed by atoms with Crippen LogP contribution >= 0.6 is 11.8 Å². The summed E-state index contributed by atoms with van der Waals surface area (Å²) in [5.41, 5.74) is 0.985. The number of amides is 1. The molecule has 1 aromatic rings. The molecule has 0 aromatic heterocycles. The Labute approximate surface area is 203 Å². The topological polar surface area (TPSA) is 99.5 Å². The summed E-state index contributed by atoms with van der Waals surface area (Å²) in [6, 6.07) is 9.60. The monoisotopic (exact) mass is 479 g/mol. The molecule has 1 heterocycles. The molecular weight excluding hydrogens is 450 g/mol. The van der Waals surface area contributed by atoms with Gasteiger partial charge in [-0.2, -0.15) is 5.26 Å². The Hall–Kier alpha value is -2.79. The summed E-state index contributed by atoms with van der Waals surface area (Å²) < 4.78 is 5.09. The number of ether oxygens (including phenoxy) is 1. The number of benzene rings is 1. The molecule has 178 valence electrons. The molecule has 34 heavy (non-hydrogen) atoms. The van der Waals surface area contributed by atoms with Crippen LogP contribution in [0.1, 0.15) is 44.9 Å². The minimum atomic E-state index is -0.676. The molecule has 1 aromatic carbocycles. The Morgan fingerprint density at radius 1 is 1.15 bits per heavy atom. The number of ketones is 1. The number of hydrogen-bond donors (Lipinski definition) is 1. The Morgan fingerprint density at radius 2 is 1.79 bits per heavy atom. The highest BCUT2D eigenvalue weighted by Gasteiger charge is 2.51. The third-order valence-corrected chi connectivity index (χ3v) is 9.07. The van der Waals surface area contributed by atoms with Crippen molar-refractivity contribution in [1.82, 2.24) is 5.32 Å². The number of nitriles is 1. The number of anilines is 1. The summed E-state index contributed by atoms with van der Waals surface area (Å²) >= 11 is 1.34. The molecule has 0 radical (unpaired) electrons. The van der Waals surface area contributed by atoms with E-state index in [1.165, 1.54) is 31.0 Å². The van der Waals surface area contributed by atoms with Crippen LogP contribution < -0.4 is 10.2 Å². The van der Waals surface area contributed by atoms with Crippen LogP contribution in [0.4, 0.5) is 5.69 Å². The van der Waals surface area contributed by atoms with Gasteiger partial charge in [0.15, 0.2) is 6.61 Å². The Kier molecular flexibility index (Phi) is 6.15. The molecule has 1 N–H and O–H groups in total. The molecule has 8 heteroatoms. The molecule has 1 amide bonds. The van der Waals surface area contributed by atoms with Crippen molar-refractivity contribution in [2.45, 2.75) is 49.8 Å². The lowest BCUT2D eigenvalue weighted by Crippen LogP contribution is -2.48. The first-order valence-corrected chi connectivity index (χ1v) is 12.8. The number of thioether (sulfide) groups is 1. The van der Waals surface area contributed by atoms with E-state index in [0.717, 1.165) is 47.6 Å². The van der Waals surface area contributed by atoms with Crippen LogP contribution in [0.2, 0.25) is 0 Å². The summed E-state index contributed by atoms with van der Waals surface area (Å²) in [4.78, 5) is 40.2. The van der Waals surface area contributed by atoms with Gasteiger partial charge in [-0.15, -0.1) is 0 Å². The van der Waals surface area contributed by atoms with Crippen molar-refractivity contribution in [3.63, 3.8) is 0 Å². The van der Waals surface area contributed by atoms with Crippen molar-refractivity contribution >= 4 is 35.1 Å². The van der Waals surface area contributed by atoms with Crippen molar-refractivity contribution in [1.29, 1.82) is 5.26 Å². The Morgan fingerprint density at radius 3 is 2.41 bits per heavy atom. The second-order valence-electron chi connectivity index (χ2n) is 10.4. The number of rotatable bonds is 7. The largest absolute Gasteiger partial charge is 0.456 e. The number of fused-ring (bicyclic) bond motifs is 1. The fourth-order valence-electron chi connectivity index (χ4n) is 6.90. The van der Waals surface area contributed by atoms with Crippen molar-refractivity contribution in [3.8, 4) is 6.07 Å². The molecule has 7 nitrogen and oxygen atoms in total. The van der Waals surface area contributed by atoms with Gasteiger partial charge in [-0.1, -0.05) is 23.9 Å². The second kappa shape index (κ2) is 9.10. The number of esters is 1. The third-order valence-electron chi connectivity index (χ3n) is 7.84. The standard InChI is InChI=1S/C26H29N3O4S/c1-29-20-4-2-3-5-22(20)34-25(29)19(13-27)21(30)15-33-24(32)14-28-23(31)12-26-9-16-6-17(10-26)8-18(7-16)11-26/h2-5,16-18H,6-12,14-15H2,1H3,(H,28,31)/b25-19-. The minimum Gasteiger partial charge on any atom is -0.456 e. The summed E-state index contributed by atoms with van der Waals surface area (Å²) in [5.74, 6) is 0.949. The van der Waals surface area contributed by atoms with Gasteiger partial charge in [0, 0.05) is 18.4 Å². The zero-order chi connectivity index (χ0) is 23.9. The van der Waals surface area contributed by atoms with E-state index in [-0.39, 0.29) is 23.4 Å². The molecule has 0 atom stereocenters. The van der Waals surface area contributed by atoms with Crippen molar-refractivity contribution in [2.24, 2.45) is 23.2 Å². The van der Waals surface area contributed by atoms with E-state index < -0.39 is 18.4 Å². The van der Waals surface area contributed by atoms with Crippen molar-refractivity contribution < 1.29 is 19.1 Å². The summed E-state index contributed by atoms with van der Waals surface area (Å²) in [7, 11) is 1.80. The number of nitrogens with one attached hydrogen (secondary N) is 1. The van der Waals surface area contributed by atoms with Gasteiger partial charge in [0.05, 0.1) is 5.69 Å². The second-order valence-corrected chi connectivity index (χ2v) is 11.4. The molecule has 4 aliphatic carbocycles. The van der Waals surface area contributed by atoms with Gasteiger partial charge in [0.25, 0.3) is 0 Å². The number of para-hydroxylation sites is 1. The summed E-state index contributed by atoms with van der Waals surface area (Å²) in [5, 5.41) is 12.8. The first-order chi connectivity index (χ1) is 16.4. The van der Waals surface area contributed by atoms with E-state index in [2.05, 4.69) is 5.32 Å². The van der Waals surface area contributed by atoms with Crippen molar-refractivity contribution in [2.75, 3.05) is 25.1 Å². The Balaban J connectivity index is 1.11. The number of carbonyl (C=O) groups is 3. The van der Waals surface area contributed by atoms with Crippen LogP contribution in [0.15, 0.2) is 39.8 Å². The average Bonchev–Trinajstić information content (AvgIpc) is 3.12. The fraction of sp³-hybridized carbons (Fsp3) is 0.538. The van der Waals surface area contributed by atoms with Gasteiger partial charge in [-0.3, -0.25) is 14.4 Å². The molecule has 6 rings (SSSR count). The van der Waals surface area contributed by atoms with Crippen LogP contribution in [0.25, 0.3) is 0 Å².